The van der Waals surface area contributed by atoms with E-state index in [0.717, 1.165) is 6.42 Å². The number of nitrogens with one attached hydrogen (secondary N) is 1. The van der Waals surface area contributed by atoms with Gasteiger partial charge in [0.1, 0.15) is 6.04 Å². The number of nitrogens with two attached hydrogens (primary N) is 1. The Bertz CT molecular complexity index is 578. The highest BCUT2D eigenvalue weighted by Gasteiger charge is 2.54. The molecule has 1 aliphatic heterocycles. The first kappa shape index (κ1) is 20.9. The lowest BCUT2D eigenvalue weighted by Crippen LogP contribution is -2.53. The van der Waals surface area contributed by atoms with Crippen molar-refractivity contribution in [1.82, 2.24) is 5.32 Å². The van der Waals surface area contributed by atoms with Gasteiger partial charge in [-0.1, -0.05) is 30.3 Å². The van der Waals surface area contributed by atoms with Crippen LogP contribution < -0.4 is 11.1 Å². The van der Waals surface area contributed by atoms with Crippen molar-refractivity contribution < 1.29 is 18.8 Å². The fraction of sp³-hybridized carbons (Fsp3) is 0.632. The lowest BCUT2D eigenvalue weighted by Gasteiger charge is -2.32. The molecule has 0 saturated carbocycles. The topological polar surface area (TPSA) is 82.8 Å². The Hall–Kier alpha value is -1.41. The molecule has 1 unspecified atom stereocenters. The molecule has 0 aromatic heterocycles. The lowest BCUT2D eigenvalue weighted by molar-refractivity contribution is -0.123. The summed E-state index contributed by atoms with van der Waals surface area (Å²) in [5.41, 5.74) is 6.16. The predicted octanol–water partition coefficient (Wildman–Crippen LogP) is 1.71. The van der Waals surface area contributed by atoms with Gasteiger partial charge in [-0.3, -0.25) is 4.79 Å². The van der Waals surface area contributed by atoms with Crippen LogP contribution in [0.25, 0.3) is 0 Å². The first-order chi connectivity index (χ1) is 12.2. The van der Waals surface area contributed by atoms with Gasteiger partial charge in [-0.05, 0) is 46.1 Å². The Labute approximate surface area is 156 Å². The van der Waals surface area contributed by atoms with Gasteiger partial charge in [0, 0.05) is 7.11 Å². The predicted molar refractivity (Wildman–Crippen MR) is 103 cm³/mol. The van der Waals surface area contributed by atoms with E-state index >= 15 is 0 Å². The maximum absolute atomic E-state index is 12.4. The van der Waals surface area contributed by atoms with E-state index in [9.17, 15) is 4.79 Å². The molecule has 2 rings (SSSR count). The van der Waals surface area contributed by atoms with Gasteiger partial charge in [-0.2, -0.15) is 0 Å². The quantitative estimate of drug-likeness (QED) is 0.688. The molecule has 0 radical (unpaired) electrons. The van der Waals surface area contributed by atoms with Gasteiger partial charge in [0.25, 0.3) is 0 Å². The molecule has 1 aromatic carbocycles. The van der Waals surface area contributed by atoms with Crippen LogP contribution in [0, 0.1) is 0 Å². The lowest BCUT2D eigenvalue weighted by atomic mass is 9.75. The normalized spacial score (nSPS) is 20.6. The van der Waals surface area contributed by atoms with Crippen LogP contribution in [0.4, 0.5) is 0 Å². The highest BCUT2D eigenvalue weighted by Crippen LogP contribution is 2.38. The maximum Gasteiger partial charge on any atom is 0.481 e. The van der Waals surface area contributed by atoms with Crippen molar-refractivity contribution in [3.8, 4) is 0 Å². The van der Waals surface area contributed by atoms with Crippen LogP contribution in [0.5, 0.6) is 0 Å². The third-order valence-electron chi connectivity index (χ3n) is 5.20. The van der Waals surface area contributed by atoms with Crippen LogP contribution in [0.3, 0.4) is 0 Å². The van der Waals surface area contributed by atoms with E-state index in [2.05, 4.69) is 17.4 Å². The zero-order valence-electron chi connectivity index (χ0n) is 16.5. The first-order valence-corrected chi connectivity index (χ1v) is 9.11. The van der Waals surface area contributed by atoms with Crippen LogP contribution in [0.15, 0.2) is 30.3 Å². The number of carbonyl (C=O) groups is 1. The van der Waals surface area contributed by atoms with Gasteiger partial charge in [0.2, 0.25) is 5.91 Å². The summed E-state index contributed by atoms with van der Waals surface area (Å²) in [5, 5.41) is 3.00. The smallest absolute Gasteiger partial charge is 0.402 e. The van der Waals surface area contributed by atoms with E-state index in [1.54, 1.807) is 0 Å². The molecule has 3 N–H and O–H groups in total. The molecule has 144 valence electrons. The van der Waals surface area contributed by atoms with E-state index in [1.165, 1.54) is 12.7 Å². The highest BCUT2D eigenvalue weighted by molar-refractivity contribution is 6.48. The fourth-order valence-corrected chi connectivity index (χ4v) is 2.84. The van der Waals surface area contributed by atoms with Gasteiger partial charge in [0.05, 0.1) is 23.8 Å². The van der Waals surface area contributed by atoms with E-state index in [1.807, 2.05) is 45.9 Å². The molecule has 1 amide bonds. The maximum atomic E-state index is 12.4. The number of hydrogen-bond donors (Lipinski definition) is 2. The van der Waals surface area contributed by atoms with Crippen LogP contribution in [-0.4, -0.2) is 49.9 Å². The van der Waals surface area contributed by atoms with Crippen molar-refractivity contribution in [3.63, 3.8) is 0 Å². The third-order valence-corrected chi connectivity index (χ3v) is 5.20. The summed E-state index contributed by atoms with van der Waals surface area (Å²) in [5.74, 6) is -0.564. The SMILES string of the molecule is COCC(N)C(=O)N[C@@H](CCc1ccccc1)B1OC(C)(C)C(C)(C)O1. The highest BCUT2D eigenvalue weighted by atomic mass is 16.7. The molecule has 1 saturated heterocycles. The van der Waals surface area contributed by atoms with Gasteiger partial charge in [0.15, 0.2) is 0 Å². The summed E-state index contributed by atoms with van der Waals surface area (Å²) in [4.78, 5) is 12.4. The number of ether oxygens (including phenoxy) is 1. The summed E-state index contributed by atoms with van der Waals surface area (Å²) in [6.07, 6.45) is 1.49. The Morgan fingerprint density at radius 3 is 2.31 bits per heavy atom. The number of carbonyl (C=O) groups excluding carboxylic acids is 1. The molecule has 0 bridgehead atoms. The van der Waals surface area contributed by atoms with Crippen LogP contribution in [-0.2, 0) is 25.3 Å². The summed E-state index contributed by atoms with van der Waals surface area (Å²) in [6.45, 7) is 8.17. The summed E-state index contributed by atoms with van der Waals surface area (Å²) < 4.78 is 17.3. The molecule has 0 aliphatic carbocycles. The van der Waals surface area contributed by atoms with Crippen molar-refractivity contribution in [1.29, 1.82) is 0 Å². The Morgan fingerprint density at radius 2 is 1.77 bits per heavy atom. The molecule has 0 spiro atoms. The summed E-state index contributed by atoms with van der Waals surface area (Å²) in [6, 6.07) is 9.42. The second-order valence-electron chi connectivity index (χ2n) is 7.83. The average molecular weight is 362 g/mol. The van der Waals surface area contributed by atoms with Gasteiger partial charge in [-0.25, -0.2) is 0 Å². The van der Waals surface area contributed by atoms with Crippen LogP contribution >= 0.6 is 0 Å². The third kappa shape index (κ3) is 5.07. The first-order valence-electron chi connectivity index (χ1n) is 9.11. The van der Waals surface area contributed by atoms with Crippen LogP contribution in [0.2, 0.25) is 0 Å². The Morgan fingerprint density at radius 1 is 1.19 bits per heavy atom. The molecular weight excluding hydrogens is 331 g/mol. The minimum Gasteiger partial charge on any atom is -0.402 e. The van der Waals surface area contributed by atoms with E-state index in [4.69, 9.17) is 19.8 Å². The van der Waals surface area contributed by atoms with Crippen molar-refractivity contribution in [3.05, 3.63) is 35.9 Å². The zero-order valence-corrected chi connectivity index (χ0v) is 16.5. The zero-order chi connectivity index (χ0) is 19.4. The van der Waals surface area contributed by atoms with Crippen molar-refractivity contribution in [2.24, 2.45) is 5.73 Å². The molecule has 2 atom stereocenters. The largest absolute Gasteiger partial charge is 0.481 e. The number of rotatable bonds is 8. The monoisotopic (exact) mass is 362 g/mol. The number of amides is 1. The van der Waals surface area contributed by atoms with Gasteiger partial charge >= 0.3 is 7.12 Å². The standard InChI is InChI=1S/C19H31BN2O4/c1-18(2)19(3,4)26-20(25-18)16(22-17(23)15(21)13-24-5)12-11-14-9-7-6-8-10-14/h6-10,15-16H,11-13,21H2,1-5H3,(H,22,23)/t15?,16-/m0/s1. The second kappa shape index (κ2) is 8.52. The number of hydrogen-bond acceptors (Lipinski definition) is 5. The summed E-state index contributed by atoms with van der Waals surface area (Å²) in [7, 11) is 0.997. The number of aryl methyl sites for hydroxylation is 1. The minimum atomic E-state index is -0.721. The van der Waals surface area contributed by atoms with Crippen molar-refractivity contribution >= 4 is 13.0 Å². The molecule has 1 aliphatic rings. The van der Waals surface area contributed by atoms with E-state index in [-0.39, 0.29) is 18.5 Å². The Balaban J connectivity index is 2.09. The van der Waals surface area contributed by atoms with Gasteiger partial charge < -0.3 is 25.1 Å². The Kier molecular flexibility index (Phi) is 6.85. The van der Waals surface area contributed by atoms with Crippen LogP contribution in [0.1, 0.15) is 39.7 Å². The fourth-order valence-electron chi connectivity index (χ4n) is 2.84. The summed E-state index contributed by atoms with van der Waals surface area (Å²) >= 11 is 0. The molecule has 1 aromatic rings. The second-order valence-corrected chi connectivity index (χ2v) is 7.83. The molecule has 1 heterocycles. The molecule has 1 fully saturated rings. The molecular formula is C19H31BN2O4. The van der Waals surface area contributed by atoms with Gasteiger partial charge in [-0.15, -0.1) is 0 Å². The average Bonchev–Trinajstić information content (AvgIpc) is 2.80. The number of methoxy groups -OCH3 is 1. The van der Waals surface area contributed by atoms with Crippen molar-refractivity contribution in [2.75, 3.05) is 13.7 Å². The van der Waals surface area contributed by atoms with Crippen molar-refractivity contribution in [2.45, 2.75) is 63.7 Å². The molecule has 7 heteroatoms. The molecule has 26 heavy (non-hydrogen) atoms. The minimum absolute atomic E-state index is 0.167. The number of benzene rings is 1. The van der Waals surface area contributed by atoms with E-state index in [0.29, 0.717) is 6.42 Å². The molecule has 6 nitrogen and oxygen atoms in total. The van der Waals surface area contributed by atoms with E-state index < -0.39 is 24.4 Å².